The summed E-state index contributed by atoms with van der Waals surface area (Å²) >= 11 is 0. The molecule has 0 spiro atoms. The predicted octanol–water partition coefficient (Wildman–Crippen LogP) is 2.75. The van der Waals surface area contributed by atoms with Gasteiger partial charge in [0, 0.05) is 19.3 Å². The Balaban J connectivity index is 1.52. The van der Waals surface area contributed by atoms with E-state index in [0.717, 1.165) is 11.3 Å². The first-order chi connectivity index (χ1) is 13.1. The number of carbonyl (C=O) groups is 2. The smallest absolute Gasteiger partial charge is 0.240 e. The van der Waals surface area contributed by atoms with E-state index in [1.165, 1.54) is 0 Å². The van der Waals surface area contributed by atoms with Crippen molar-refractivity contribution in [2.75, 3.05) is 25.6 Å². The van der Waals surface area contributed by atoms with Gasteiger partial charge in [-0.25, -0.2) is 0 Å². The van der Waals surface area contributed by atoms with E-state index in [1.54, 1.807) is 31.4 Å². The predicted molar refractivity (Wildman–Crippen MR) is 102 cm³/mol. The molecule has 2 N–H and O–H groups in total. The lowest BCUT2D eigenvalue weighted by Crippen LogP contribution is -2.41. The molecule has 0 saturated heterocycles. The molecular weight excluding hydrogens is 344 g/mol. The third-order valence-electron chi connectivity index (χ3n) is 4.57. The largest absolute Gasteiger partial charge is 0.489 e. The standard InChI is InChI=1S/C21H24N2O4/c1-26-14-13-22-19(24)21(11-12-21)20(25)23-17-7-9-18(10-8-17)27-15-16-5-3-2-4-6-16/h2-10H,11-15H2,1H3,(H,22,24)(H,23,25). The fraction of sp³-hybridized carbons (Fsp3) is 0.333. The number of rotatable bonds is 9. The first-order valence-electron chi connectivity index (χ1n) is 8.99. The second kappa shape index (κ2) is 8.68. The monoisotopic (exact) mass is 368 g/mol. The van der Waals surface area contributed by atoms with Crippen LogP contribution in [0.4, 0.5) is 5.69 Å². The molecule has 0 heterocycles. The van der Waals surface area contributed by atoms with Crippen molar-refractivity contribution in [2.45, 2.75) is 19.4 Å². The Morgan fingerprint density at radius 1 is 1.00 bits per heavy atom. The lowest BCUT2D eigenvalue weighted by molar-refractivity contribution is -0.134. The van der Waals surface area contributed by atoms with Crippen molar-refractivity contribution in [3.05, 3.63) is 60.2 Å². The molecule has 2 amide bonds. The summed E-state index contributed by atoms with van der Waals surface area (Å²) in [4.78, 5) is 24.8. The molecule has 3 rings (SSSR count). The molecule has 0 aliphatic heterocycles. The van der Waals surface area contributed by atoms with Gasteiger partial charge in [-0.05, 0) is 42.7 Å². The fourth-order valence-corrected chi connectivity index (χ4v) is 2.74. The van der Waals surface area contributed by atoms with Crippen LogP contribution < -0.4 is 15.4 Å². The molecule has 0 atom stereocenters. The number of ether oxygens (including phenoxy) is 2. The number of hydrogen-bond donors (Lipinski definition) is 2. The third kappa shape index (κ3) is 4.86. The maximum Gasteiger partial charge on any atom is 0.240 e. The number of anilines is 1. The van der Waals surface area contributed by atoms with Crippen molar-refractivity contribution in [2.24, 2.45) is 5.41 Å². The summed E-state index contributed by atoms with van der Waals surface area (Å²) in [7, 11) is 1.57. The molecule has 0 bridgehead atoms. The summed E-state index contributed by atoms with van der Waals surface area (Å²) in [5.74, 6) is 0.213. The van der Waals surface area contributed by atoms with Crippen LogP contribution in [0, 0.1) is 5.41 Å². The van der Waals surface area contributed by atoms with E-state index >= 15 is 0 Å². The second-order valence-corrected chi connectivity index (χ2v) is 6.58. The van der Waals surface area contributed by atoms with Crippen molar-refractivity contribution < 1.29 is 19.1 Å². The van der Waals surface area contributed by atoms with Crippen molar-refractivity contribution in [1.82, 2.24) is 5.32 Å². The van der Waals surface area contributed by atoms with Gasteiger partial charge in [0.1, 0.15) is 17.8 Å². The summed E-state index contributed by atoms with van der Waals surface area (Å²) in [6.07, 6.45) is 1.13. The molecule has 27 heavy (non-hydrogen) atoms. The number of nitrogens with one attached hydrogen (secondary N) is 2. The van der Waals surface area contributed by atoms with E-state index in [4.69, 9.17) is 9.47 Å². The second-order valence-electron chi connectivity index (χ2n) is 6.58. The molecule has 1 saturated carbocycles. The highest BCUT2D eigenvalue weighted by molar-refractivity contribution is 6.13. The quantitative estimate of drug-likeness (QED) is 0.527. The average Bonchev–Trinajstić information content (AvgIpc) is 3.51. The van der Waals surface area contributed by atoms with Gasteiger partial charge in [-0.15, -0.1) is 0 Å². The van der Waals surface area contributed by atoms with Gasteiger partial charge in [0.2, 0.25) is 11.8 Å². The van der Waals surface area contributed by atoms with Crippen LogP contribution in [0.2, 0.25) is 0 Å². The van der Waals surface area contributed by atoms with E-state index in [-0.39, 0.29) is 11.8 Å². The lowest BCUT2D eigenvalue weighted by atomic mass is 10.1. The number of amides is 2. The Bertz CT molecular complexity index is 771. The van der Waals surface area contributed by atoms with Crippen LogP contribution >= 0.6 is 0 Å². The van der Waals surface area contributed by atoms with E-state index < -0.39 is 5.41 Å². The molecule has 1 aliphatic rings. The Kier molecular flexibility index (Phi) is 6.08. The van der Waals surface area contributed by atoms with Crippen LogP contribution in [-0.2, 0) is 20.9 Å². The van der Waals surface area contributed by atoms with Gasteiger partial charge in [-0.2, -0.15) is 0 Å². The Hall–Kier alpha value is -2.86. The normalized spacial score (nSPS) is 14.3. The fourth-order valence-electron chi connectivity index (χ4n) is 2.74. The summed E-state index contributed by atoms with van der Waals surface area (Å²) < 4.78 is 10.6. The zero-order valence-electron chi connectivity index (χ0n) is 15.4. The summed E-state index contributed by atoms with van der Waals surface area (Å²) in [6, 6.07) is 17.1. The highest BCUT2D eigenvalue weighted by atomic mass is 16.5. The topological polar surface area (TPSA) is 76.7 Å². The van der Waals surface area contributed by atoms with E-state index in [9.17, 15) is 9.59 Å². The summed E-state index contributed by atoms with van der Waals surface area (Å²) in [6.45, 7) is 1.31. The minimum atomic E-state index is -0.948. The molecule has 2 aromatic carbocycles. The van der Waals surface area contributed by atoms with Crippen molar-refractivity contribution >= 4 is 17.5 Å². The Morgan fingerprint density at radius 2 is 1.70 bits per heavy atom. The lowest BCUT2D eigenvalue weighted by Gasteiger charge is -2.15. The van der Waals surface area contributed by atoms with E-state index in [2.05, 4.69) is 10.6 Å². The van der Waals surface area contributed by atoms with Crippen molar-refractivity contribution in [1.29, 1.82) is 0 Å². The molecule has 0 unspecified atom stereocenters. The molecule has 0 aromatic heterocycles. The minimum absolute atomic E-state index is 0.236. The van der Waals surface area contributed by atoms with Crippen molar-refractivity contribution in [3.63, 3.8) is 0 Å². The van der Waals surface area contributed by atoms with Gasteiger partial charge < -0.3 is 20.1 Å². The van der Waals surface area contributed by atoms with Crippen LogP contribution in [-0.4, -0.2) is 32.1 Å². The Labute approximate surface area is 158 Å². The highest BCUT2D eigenvalue weighted by Gasteiger charge is 2.56. The van der Waals surface area contributed by atoms with E-state index in [0.29, 0.717) is 38.3 Å². The van der Waals surface area contributed by atoms with Crippen LogP contribution in [0.5, 0.6) is 5.75 Å². The summed E-state index contributed by atoms with van der Waals surface area (Å²) in [5, 5.41) is 5.58. The molecule has 0 radical (unpaired) electrons. The average molecular weight is 368 g/mol. The summed E-state index contributed by atoms with van der Waals surface area (Å²) in [5.41, 5.74) is 0.781. The first kappa shape index (κ1) is 18.9. The van der Waals surface area contributed by atoms with Gasteiger partial charge in [0.25, 0.3) is 0 Å². The molecule has 6 nitrogen and oxygen atoms in total. The number of hydrogen-bond acceptors (Lipinski definition) is 4. The molecule has 142 valence electrons. The van der Waals surface area contributed by atoms with Gasteiger partial charge >= 0.3 is 0 Å². The maximum atomic E-state index is 12.5. The SMILES string of the molecule is COCCNC(=O)C1(C(=O)Nc2ccc(OCc3ccccc3)cc2)CC1. The van der Waals surface area contributed by atoms with Crippen LogP contribution in [0.25, 0.3) is 0 Å². The first-order valence-corrected chi connectivity index (χ1v) is 8.99. The molecule has 1 aliphatic carbocycles. The van der Waals surface area contributed by atoms with Crippen molar-refractivity contribution in [3.8, 4) is 5.75 Å². The molecule has 1 fully saturated rings. The molecule has 6 heteroatoms. The van der Waals surface area contributed by atoms with Gasteiger partial charge in [-0.1, -0.05) is 30.3 Å². The highest BCUT2D eigenvalue weighted by Crippen LogP contribution is 2.46. The van der Waals surface area contributed by atoms with E-state index in [1.807, 2.05) is 30.3 Å². The number of methoxy groups -OCH3 is 1. The Morgan fingerprint density at radius 3 is 2.33 bits per heavy atom. The van der Waals surface area contributed by atoms with Gasteiger partial charge in [0.05, 0.1) is 6.61 Å². The van der Waals surface area contributed by atoms with Crippen LogP contribution in [0.15, 0.2) is 54.6 Å². The van der Waals surface area contributed by atoms with Crippen LogP contribution in [0.1, 0.15) is 18.4 Å². The maximum absolute atomic E-state index is 12.5. The molecule has 2 aromatic rings. The minimum Gasteiger partial charge on any atom is -0.489 e. The zero-order valence-corrected chi connectivity index (χ0v) is 15.4. The van der Waals surface area contributed by atoms with Gasteiger partial charge in [0.15, 0.2) is 0 Å². The zero-order chi connectivity index (χ0) is 19.1. The van der Waals surface area contributed by atoms with Crippen LogP contribution in [0.3, 0.4) is 0 Å². The number of carbonyl (C=O) groups excluding carboxylic acids is 2. The third-order valence-corrected chi connectivity index (χ3v) is 4.57. The number of benzene rings is 2. The molecular formula is C21H24N2O4. The van der Waals surface area contributed by atoms with Gasteiger partial charge in [-0.3, -0.25) is 9.59 Å².